The van der Waals surface area contributed by atoms with Gasteiger partial charge in [-0.25, -0.2) is 44.9 Å². The van der Waals surface area contributed by atoms with Crippen LogP contribution in [0.5, 0.6) is 0 Å². The number of fused-ring (bicyclic) bond motifs is 18. The van der Waals surface area contributed by atoms with E-state index in [1.807, 2.05) is 261 Å². The third-order valence-electron chi connectivity index (χ3n) is 27.9. The molecule has 0 radical (unpaired) electrons. The molecule has 30 aromatic rings. The van der Waals surface area contributed by atoms with Gasteiger partial charge < -0.3 is 27.0 Å². The Morgan fingerprint density at radius 2 is 0.507 bits per heavy atom. The fourth-order valence-electron chi connectivity index (χ4n) is 21.1. The lowest BCUT2D eigenvalue weighted by Crippen LogP contribution is -2.01. The van der Waals surface area contributed by atoms with Crippen LogP contribution in [0, 0.1) is 0 Å². The van der Waals surface area contributed by atoms with E-state index in [4.69, 9.17) is 63.1 Å². The fraction of sp³-hybridized carbons (Fsp3) is 0. The molecule has 0 saturated carbocycles. The van der Waals surface area contributed by atoms with Gasteiger partial charge in [0.05, 0.1) is 38.8 Å². The Morgan fingerprint density at radius 3 is 0.887 bits per heavy atom. The molecule has 150 heavy (non-hydrogen) atoms. The first kappa shape index (κ1) is 87.1. The summed E-state index contributed by atoms with van der Waals surface area (Å²) in [7, 11) is 0. The molecular weight excluding hydrogens is 1840 g/mol. The van der Waals surface area contributed by atoms with Crippen molar-refractivity contribution in [2.24, 2.45) is 0 Å². The minimum Gasteiger partial charge on any atom is -0.456 e. The normalized spacial score (nSPS) is 11.6. The summed E-state index contributed by atoms with van der Waals surface area (Å²) >= 11 is 0. The number of nitrogens with zero attached hydrogens (tertiary/aromatic N) is 15. The van der Waals surface area contributed by atoms with Crippen LogP contribution in [0.2, 0.25) is 0 Å². The van der Waals surface area contributed by atoms with Crippen LogP contribution in [0.4, 0.5) is 0 Å². The van der Waals surface area contributed by atoms with Crippen molar-refractivity contribution in [3.8, 4) is 153 Å². The molecule has 0 aliphatic carbocycles. The van der Waals surface area contributed by atoms with Gasteiger partial charge in [0, 0.05) is 185 Å². The second-order valence-electron chi connectivity index (χ2n) is 36.9. The SMILES string of the molecule is c1ccc(-c2nc(-c3ccccc3)nc(-c3cc(-c4ccccn4)c4oc5cc6c7ccccc7n(-c7ccccc7)c6cc5c4c3)n2)cc1.c1ccc(-c2nc(-c3ccccc3)nc(-c3cc(-c4cccnc4)c4oc5cc6c7ccccc7n(-c7ccccc7)c6cc5c4c3)n2)cc1.c1ccc(-c2nc(-c3ccccc3)nc(-c3ccc4oc5cc6c7ccccc7n(-c7ccccc7)c6cc5c4c3-c3ccncc3)n2)cc1. The van der Waals surface area contributed by atoms with E-state index in [-0.39, 0.29) is 0 Å². The highest BCUT2D eigenvalue weighted by atomic mass is 16.3. The van der Waals surface area contributed by atoms with Crippen LogP contribution in [-0.4, -0.2) is 73.5 Å². The number of benzene rings is 18. The van der Waals surface area contributed by atoms with Gasteiger partial charge in [-0.3, -0.25) is 15.0 Å². The molecule has 30 rings (SSSR count). The van der Waals surface area contributed by atoms with Crippen molar-refractivity contribution in [1.82, 2.24) is 73.5 Å². The van der Waals surface area contributed by atoms with Gasteiger partial charge in [-0.2, -0.15) is 0 Å². The number of aromatic nitrogens is 15. The summed E-state index contributed by atoms with van der Waals surface area (Å²) in [5, 5.41) is 12.9. The van der Waals surface area contributed by atoms with Gasteiger partial charge in [-0.1, -0.05) is 303 Å². The lowest BCUT2D eigenvalue weighted by atomic mass is 9.94. The number of para-hydroxylation sites is 6. The molecule has 18 nitrogen and oxygen atoms in total. The zero-order valence-electron chi connectivity index (χ0n) is 80.2. The van der Waals surface area contributed by atoms with Gasteiger partial charge in [-0.05, 0) is 163 Å². The van der Waals surface area contributed by atoms with Crippen LogP contribution in [0.15, 0.2) is 505 Å². The molecule has 12 aromatic heterocycles. The summed E-state index contributed by atoms with van der Waals surface area (Å²) in [6.45, 7) is 0. The first-order chi connectivity index (χ1) is 74.4. The van der Waals surface area contributed by atoms with E-state index in [2.05, 4.69) is 248 Å². The summed E-state index contributed by atoms with van der Waals surface area (Å²) in [4.78, 5) is 58.8. The number of hydrogen-bond acceptors (Lipinski definition) is 15. The van der Waals surface area contributed by atoms with Gasteiger partial charge in [0.1, 0.15) is 33.5 Å². The number of hydrogen-bond donors (Lipinski definition) is 0. The summed E-state index contributed by atoms with van der Waals surface area (Å²) in [5.41, 5.74) is 28.5. The fourth-order valence-corrected chi connectivity index (χ4v) is 21.1. The Labute approximate surface area is 857 Å². The molecule has 18 heteroatoms. The second-order valence-corrected chi connectivity index (χ2v) is 36.9. The van der Waals surface area contributed by atoms with Crippen molar-refractivity contribution in [1.29, 1.82) is 0 Å². The Kier molecular flexibility index (Phi) is 21.4. The van der Waals surface area contributed by atoms with Crippen LogP contribution >= 0.6 is 0 Å². The highest BCUT2D eigenvalue weighted by Gasteiger charge is 2.29. The van der Waals surface area contributed by atoms with E-state index in [1.54, 1.807) is 6.20 Å². The van der Waals surface area contributed by atoms with Crippen LogP contribution in [0.25, 0.3) is 284 Å². The standard InChI is InChI=1S/3C44H27N5O/c1-4-14-28(15-5-1)42-46-43(29-16-6-2-7-17-29)48-44(47-42)30-24-35-34-26-39-33(27-40(34)50-41(35)36(25-30)37-21-12-13-23-45-37)32-20-10-11-22-38(32)49(39)31-18-8-3-9-19-31;1-4-13-28(14-5-1)42-46-43(29-15-6-2-7-16-29)48-44(47-42)31-23-34(30-17-12-22-45-27-30)41-37(24-31)36-25-39-35(26-40(36)50-41)33-20-10-11-21-38(33)49(39)32-18-8-3-9-19-32;1-4-12-29(13-5-1)42-46-43(30-14-6-2-7-15-30)48-44(47-42)33-20-21-38-41(40(33)28-22-24-45-25-23-28)35-26-37-34(27-39(35)50-38)32-18-10-11-19-36(32)49(37)31-16-8-3-9-17-31/h3*1-27H. The average molecular weight is 1930 g/mol. The molecule has 0 bridgehead atoms. The van der Waals surface area contributed by atoms with E-state index in [0.717, 1.165) is 216 Å². The minimum absolute atomic E-state index is 0.575. The maximum atomic E-state index is 6.80. The molecule has 0 aliphatic heterocycles. The van der Waals surface area contributed by atoms with Gasteiger partial charge >= 0.3 is 0 Å². The molecule has 702 valence electrons. The van der Waals surface area contributed by atoms with Crippen molar-refractivity contribution in [3.05, 3.63) is 492 Å². The third-order valence-corrected chi connectivity index (χ3v) is 27.9. The molecule has 0 spiro atoms. The number of furan rings is 3. The highest BCUT2D eigenvalue weighted by molar-refractivity contribution is 6.24. The maximum Gasteiger partial charge on any atom is 0.164 e. The zero-order chi connectivity index (χ0) is 99.1. The predicted octanol–water partition coefficient (Wildman–Crippen LogP) is 32.8. The monoisotopic (exact) mass is 1920 g/mol. The van der Waals surface area contributed by atoms with Crippen LogP contribution < -0.4 is 0 Å². The molecule has 18 aromatic carbocycles. The van der Waals surface area contributed by atoms with Gasteiger partial charge in [0.25, 0.3) is 0 Å². The third kappa shape index (κ3) is 15.5. The van der Waals surface area contributed by atoms with Crippen LogP contribution in [-0.2, 0) is 0 Å². The molecule has 0 amide bonds. The summed E-state index contributed by atoms with van der Waals surface area (Å²) in [6, 6.07) is 157. The minimum atomic E-state index is 0.575. The van der Waals surface area contributed by atoms with Crippen molar-refractivity contribution in [3.63, 3.8) is 0 Å². The van der Waals surface area contributed by atoms with E-state index in [1.165, 1.54) is 16.2 Å². The molecule has 0 saturated heterocycles. The Morgan fingerprint density at radius 1 is 0.173 bits per heavy atom. The zero-order valence-corrected chi connectivity index (χ0v) is 80.2. The van der Waals surface area contributed by atoms with E-state index >= 15 is 0 Å². The molecular formula is C132H81N15O3. The number of pyridine rings is 3. The van der Waals surface area contributed by atoms with E-state index in [0.29, 0.717) is 52.4 Å². The summed E-state index contributed by atoms with van der Waals surface area (Å²) < 4.78 is 27.3. The molecule has 0 unspecified atom stereocenters. The number of rotatable bonds is 15. The molecule has 0 atom stereocenters. The average Bonchev–Trinajstić information content (AvgIpc) is 1.56. The van der Waals surface area contributed by atoms with Crippen molar-refractivity contribution in [2.45, 2.75) is 0 Å². The Balaban J connectivity index is 0.000000108. The first-order valence-electron chi connectivity index (χ1n) is 49.7. The predicted molar refractivity (Wildman–Crippen MR) is 603 cm³/mol. The van der Waals surface area contributed by atoms with Crippen LogP contribution in [0.3, 0.4) is 0 Å². The molecule has 0 N–H and O–H groups in total. The molecule has 12 heterocycles. The van der Waals surface area contributed by atoms with Crippen molar-refractivity contribution >= 4 is 131 Å². The van der Waals surface area contributed by atoms with E-state index < -0.39 is 0 Å². The Bertz CT molecular complexity index is 9830. The summed E-state index contributed by atoms with van der Waals surface area (Å²) in [5.74, 6) is 5.42. The first-order valence-corrected chi connectivity index (χ1v) is 49.7. The van der Waals surface area contributed by atoms with Crippen LogP contribution in [0.1, 0.15) is 0 Å². The van der Waals surface area contributed by atoms with Gasteiger partial charge in [-0.15, -0.1) is 0 Å². The second kappa shape index (κ2) is 36.9. The highest BCUT2D eigenvalue weighted by Crippen LogP contribution is 2.50. The largest absolute Gasteiger partial charge is 0.456 e. The molecule has 0 fully saturated rings. The Hall–Kier alpha value is -20.8. The quantitative estimate of drug-likeness (QED) is 0.0935. The van der Waals surface area contributed by atoms with E-state index in [9.17, 15) is 0 Å². The topological polar surface area (TPSA) is 209 Å². The lowest BCUT2D eigenvalue weighted by molar-refractivity contribution is 0.669. The maximum absolute atomic E-state index is 6.80. The smallest absolute Gasteiger partial charge is 0.164 e. The summed E-state index contributed by atoms with van der Waals surface area (Å²) in [6.07, 6.45) is 9.11. The molecule has 0 aliphatic rings. The van der Waals surface area contributed by atoms with Gasteiger partial charge in [0.15, 0.2) is 52.4 Å². The van der Waals surface area contributed by atoms with Crippen molar-refractivity contribution < 1.29 is 13.3 Å². The van der Waals surface area contributed by atoms with Crippen molar-refractivity contribution in [2.75, 3.05) is 0 Å². The van der Waals surface area contributed by atoms with Gasteiger partial charge in [0.2, 0.25) is 0 Å². The lowest BCUT2D eigenvalue weighted by Gasteiger charge is -2.13.